The maximum Gasteiger partial charge on any atom is 0.130 e. The molecule has 0 spiro atoms. The van der Waals surface area contributed by atoms with Crippen molar-refractivity contribution in [2.24, 2.45) is 5.73 Å². The predicted octanol–water partition coefficient (Wildman–Crippen LogP) is 2.43. The fourth-order valence-electron chi connectivity index (χ4n) is 2.71. The van der Waals surface area contributed by atoms with Gasteiger partial charge < -0.3 is 10.3 Å². The Hall–Kier alpha value is -0.650. The van der Waals surface area contributed by atoms with E-state index in [0.29, 0.717) is 11.4 Å². The Morgan fingerprint density at radius 1 is 1.45 bits per heavy atom. The molecule has 2 atom stereocenters. The van der Waals surface area contributed by atoms with Gasteiger partial charge in [-0.05, 0) is 24.6 Å². The van der Waals surface area contributed by atoms with E-state index in [-0.39, 0.29) is 6.54 Å². The zero-order valence-electron chi connectivity index (χ0n) is 10.8. The summed E-state index contributed by atoms with van der Waals surface area (Å²) in [6.45, 7) is 0.358. The monoisotopic (exact) mass is 400 g/mol. The molecule has 1 aromatic heterocycles. The summed E-state index contributed by atoms with van der Waals surface area (Å²) in [7, 11) is 0. The first kappa shape index (κ1) is 14.3. The molecule has 0 saturated heterocycles. The molecule has 0 bridgehead atoms. The van der Waals surface area contributed by atoms with Crippen molar-refractivity contribution in [3.63, 3.8) is 0 Å². The van der Waals surface area contributed by atoms with Crippen molar-refractivity contribution in [3.8, 4) is 0 Å². The second kappa shape index (κ2) is 5.62. The van der Waals surface area contributed by atoms with Crippen LogP contribution in [0.1, 0.15) is 6.42 Å². The van der Waals surface area contributed by atoms with Crippen LogP contribution >= 0.6 is 31.9 Å². The van der Waals surface area contributed by atoms with Crippen LogP contribution in [-0.4, -0.2) is 22.1 Å². The van der Waals surface area contributed by atoms with E-state index in [9.17, 15) is 4.39 Å². The fraction of sp³-hybridized carbons (Fsp3) is 0.333. The van der Waals surface area contributed by atoms with E-state index >= 15 is 0 Å². The highest BCUT2D eigenvalue weighted by Gasteiger charge is 2.15. The van der Waals surface area contributed by atoms with E-state index in [2.05, 4.69) is 50.1 Å². The molecule has 2 unspecified atom stereocenters. The lowest BCUT2D eigenvalue weighted by molar-refractivity contribution is 0.304. The van der Waals surface area contributed by atoms with Crippen LogP contribution in [0.3, 0.4) is 0 Å². The van der Waals surface area contributed by atoms with E-state index in [1.807, 2.05) is 16.7 Å². The van der Waals surface area contributed by atoms with Gasteiger partial charge in [-0.2, -0.15) is 0 Å². The Morgan fingerprint density at radius 3 is 3.00 bits per heavy atom. The van der Waals surface area contributed by atoms with Gasteiger partial charge in [0.05, 0.1) is 6.54 Å². The summed E-state index contributed by atoms with van der Waals surface area (Å²) < 4.78 is 16.8. The molecule has 0 amide bonds. The van der Waals surface area contributed by atoms with Gasteiger partial charge in [-0.25, -0.2) is 4.39 Å². The molecule has 1 aliphatic rings. The Bertz CT molecular complexity index is 766. The van der Waals surface area contributed by atoms with Gasteiger partial charge in [-0.3, -0.25) is 0 Å². The van der Waals surface area contributed by atoms with Gasteiger partial charge >= 0.3 is 0 Å². The van der Waals surface area contributed by atoms with Crippen molar-refractivity contribution in [3.05, 3.63) is 33.2 Å². The molecule has 0 fully saturated rings. The molecular weight excluding hydrogens is 387 g/mol. The third-order valence-electron chi connectivity index (χ3n) is 3.63. The van der Waals surface area contributed by atoms with Crippen molar-refractivity contribution in [2.45, 2.75) is 24.0 Å². The van der Waals surface area contributed by atoms with E-state index in [0.717, 1.165) is 27.1 Å². The number of nitrogens with two attached hydrogens (primary N) is 1. The maximum absolute atomic E-state index is 13.8. The molecular formula is C15H15Br2FN2. The molecule has 2 aromatic rings. The summed E-state index contributed by atoms with van der Waals surface area (Å²) >= 11 is 7.14. The third-order valence-corrected chi connectivity index (χ3v) is 4.76. The number of hydrogen-bond acceptors (Lipinski definition) is 1. The minimum atomic E-state index is -1.02. The summed E-state index contributed by atoms with van der Waals surface area (Å²) in [4.78, 5) is 0.337. The van der Waals surface area contributed by atoms with Crippen LogP contribution in [0, 0.1) is 0 Å². The summed E-state index contributed by atoms with van der Waals surface area (Å²) in [6, 6.07) is 6.12. The predicted molar refractivity (Wildman–Crippen MR) is 89.1 cm³/mol. The summed E-state index contributed by atoms with van der Waals surface area (Å²) in [5, 5.41) is 3.43. The molecule has 2 nitrogen and oxygen atoms in total. The van der Waals surface area contributed by atoms with Gasteiger partial charge in [0.25, 0.3) is 0 Å². The number of aromatic nitrogens is 1. The topological polar surface area (TPSA) is 30.9 Å². The Morgan fingerprint density at radius 2 is 2.25 bits per heavy atom. The molecule has 5 heteroatoms. The van der Waals surface area contributed by atoms with Crippen LogP contribution in [0.4, 0.5) is 4.39 Å². The molecule has 1 aromatic carbocycles. The second-order valence-corrected chi connectivity index (χ2v) is 7.12. The highest BCUT2D eigenvalue weighted by Crippen LogP contribution is 2.19. The molecule has 1 aliphatic carbocycles. The van der Waals surface area contributed by atoms with Crippen LogP contribution in [0.5, 0.6) is 0 Å². The van der Waals surface area contributed by atoms with Gasteiger partial charge in [-0.1, -0.05) is 44.0 Å². The van der Waals surface area contributed by atoms with Gasteiger partial charge in [0.2, 0.25) is 0 Å². The second-order valence-electron chi connectivity index (χ2n) is 5.03. The van der Waals surface area contributed by atoms with Crippen molar-refractivity contribution < 1.29 is 4.39 Å². The molecule has 3 rings (SSSR count). The SMILES string of the molecule is NCC(F)Cn1c2c(c3cc(Br)ccc31)=CC(Br)CC=2. The quantitative estimate of drug-likeness (QED) is 0.786. The van der Waals surface area contributed by atoms with Gasteiger partial charge in [0.15, 0.2) is 0 Å². The van der Waals surface area contributed by atoms with Gasteiger partial charge in [-0.15, -0.1) is 0 Å². The number of alkyl halides is 2. The van der Waals surface area contributed by atoms with Crippen molar-refractivity contribution in [1.29, 1.82) is 0 Å². The summed E-state index contributed by atoms with van der Waals surface area (Å²) in [5.41, 5.74) is 6.49. The number of fused-ring (bicyclic) bond motifs is 3. The smallest absolute Gasteiger partial charge is 0.130 e. The number of benzene rings is 1. The van der Waals surface area contributed by atoms with Gasteiger partial charge in [0.1, 0.15) is 6.17 Å². The molecule has 0 radical (unpaired) electrons. The lowest BCUT2D eigenvalue weighted by Gasteiger charge is -2.11. The Labute approximate surface area is 133 Å². The highest BCUT2D eigenvalue weighted by molar-refractivity contribution is 9.10. The summed E-state index contributed by atoms with van der Waals surface area (Å²) in [5.74, 6) is 0. The first-order valence-electron chi connectivity index (χ1n) is 6.58. The minimum Gasteiger partial charge on any atom is -0.338 e. The van der Waals surface area contributed by atoms with Crippen LogP contribution < -0.4 is 16.3 Å². The maximum atomic E-state index is 13.8. The van der Waals surface area contributed by atoms with Crippen LogP contribution in [-0.2, 0) is 6.54 Å². The first-order valence-corrected chi connectivity index (χ1v) is 8.29. The lowest BCUT2D eigenvalue weighted by atomic mass is 10.1. The van der Waals surface area contributed by atoms with E-state index in [1.54, 1.807) is 0 Å². The minimum absolute atomic E-state index is 0.0513. The van der Waals surface area contributed by atoms with Crippen LogP contribution in [0.2, 0.25) is 0 Å². The Kier molecular flexibility index (Phi) is 4.02. The molecule has 20 heavy (non-hydrogen) atoms. The average molecular weight is 402 g/mol. The van der Waals surface area contributed by atoms with Crippen LogP contribution in [0.15, 0.2) is 22.7 Å². The molecule has 106 valence electrons. The van der Waals surface area contributed by atoms with E-state index < -0.39 is 6.17 Å². The molecule has 2 N–H and O–H groups in total. The summed E-state index contributed by atoms with van der Waals surface area (Å²) in [6.07, 6.45) is 4.28. The normalized spacial score (nSPS) is 19.3. The first-order chi connectivity index (χ1) is 9.60. The van der Waals surface area contributed by atoms with Crippen molar-refractivity contribution in [2.75, 3.05) is 6.54 Å². The molecule has 0 aliphatic heterocycles. The molecule has 0 saturated carbocycles. The number of rotatable bonds is 3. The Balaban J connectivity index is 2.33. The number of nitrogens with zero attached hydrogens (tertiary/aromatic N) is 1. The van der Waals surface area contributed by atoms with Crippen molar-refractivity contribution >= 4 is 54.9 Å². The van der Waals surface area contributed by atoms with Gasteiger partial charge in [0, 0.05) is 37.3 Å². The number of halogens is 3. The van der Waals surface area contributed by atoms with Crippen LogP contribution in [0.25, 0.3) is 23.1 Å². The zero-order valence-corrected chi connectivity index (χ0v) is 14.0. The van der Waals surface area contributed by atoms with Crippen molar-refractivity contribution in [1.82, 2.24) is 4.57 Å². The largest absolute Gasteiger partial charge is 0.338 e. The van der Waals surface area contributed by atoms with E-state index in [4.69, 9.17) is 5.73 Å². The zero-order chi connectivity index (χ0) is 14.3. The van der Waals surface area contributed by atoms with E-state index in [1.165, 1.54) is 5.22 Å². The molecule has 1 heterocycles. The average Bonchev–Trinajstić information content (AvgIpc) is 2.72. The fourth-order valence-corrected chi connectivity index (χ4v) is 3.52. The third kappa shape index (κ3) is 2.47. The number of hydrogen-bond donors (Lipinski definition) is 1. The standard InChI is InChI=1S/C15H15Br2FN2/c16-9-1-3-14-12(5-9)13-6-10(17)2-4-15(13)20(14)8-11(18)7-19/h1,3-6,10-11H,2,7-8,19H2. The lowest BCUT2D eigenvalue weighted by Crippen LogP contribution is -2.35. The highest BCUT2D eigenvalue weighted by atomic mass is 79.9.